The number of carbonyl (C=O) groups excluding carboxylic acids is 1. The molecule has 1 aliphatic heterocycles. The van der Waals surface area contributed by atoms with Crippen LogP contribution in [0.2, 0.25) is 0 Å². The molecular weight excluding hydrogens is 236 g/mol. The Bertz CT molecular complexity index is 442. The van der Waals surface area contributed by atoms with E-state index in [1.54, 1.807) is 0 Å². The molecule has 2 rings (SSSR count). The maximum atomic E-state index is 12.1. The molecule has 0 aliphatic carbocycles. The van der Waals surface area contributed by atoms with Crippen LogP contribution in [0.5, 0.6) is 0 Å². The predicted molar refractivity (Wildman–Crippen MR) is 77.9 cm³/mol. The Hall–Kier alpha value is -1.35. The average Bonchev–Trinajstić information content (AvgIpc) is 2.43. The summed E-state index contributed by atoms with van der Waals surface area (Å²) >= 11 is 0. The van der Waals surface area contributed by atoms with Crippen LogP contribution < -0.4 is 5.32 Å². The number of fused-ring (bicyclic) bond motifs is 1. The van der Waals surface area contributed by atoms with Crippen LogP contribution in [0.3, 0.4) is 0 Å². The number of rotatable bonds is 4. The molecule has 104 valence electrons. The fourth-order valence-electron chi connectivity index (χ4n) is 2.47. The van der Waals surface area contributed by atoms with E-state index in [1.807, 2.05) is 6.92 Å². The summed E-state index contributed by atoms with van der Waals surface area (Å²) in [6.07, 6.45) is 1.04. The molecule has 1 unspecified atom stereocenters. The number of amides is 1. The van der Waals surface area contributed by atoms with E-state index in [1.165, 1.54) is 11.1 Å². The zero-order chi connectivity index (χ0) is 13.8. The Labute approximate surface area is 116 Å². The summed E-state index contributed by atoms with van der Waals surface area (Å²) in [5, 5.41) is 3.02. The van der Waals surface area contributed by atoms with Crippen molar-refractivity contribution in [2.45, 2.75) is 39.8 Å². The number of nitrogens with zero attached hydrogens (tertiary/aromatic N) is 1. The number of hydrogen-bond acceptors (Lipinski definition) is 2. The van der Waals surface area contributed by atoms with Gasteiger partial charge in [0.15, 0.2) is 0 Å². The fraction of sp³-hybridized carbons (Fsp3) is 0.562. The average molecular weight is 260 g/mol. The lowest BCUT2D eigenvalue weighted by Gasteiger charge is -2.33. The molecule has 1 aromatic carbocycles. The van der Waals surface area contributed by atoms with Crippen LogP contribution in [0.1, 0.15) is 31.9 Å². The summed E-state index contributed by atoms with van der Waals surface area (Å²) in [6, 6.07) is 8.47. The Morgan fingerprint density at radius 3 is 2.63 bits per heavy atom. The highest BCUT2D eigenvalue weighted by atomic mass is 16.2. The van der Waals surface area contributed by atoms with Gasteiger partial charge in [-0.3, -0.25) is 9.69 Å². The maximum absolute atomic E-state index is 12.1. The summed E-state index contributed by atoms with van der Waals surface area (Å²) in [5.41, 5.74) is 2.78. The van der Waals surface area contributed by atoms with Gasteiger partial charge in [-0.2, -0.15) is 0 Å². The molecule has 0 saturated heterocycles. The Morgan fingerprint density at radius 2 is 1.95 bits per heavy atom. The van der Waals surface area contributed by atoms with Crippen molar-refractivity contribution >= 4 is 5.91 Å². The van der Waals surface area contributed by atoms with Gasteiger partial charge in [0.2, 0.25) is 5.91 Å². The standard InChI is InChI=1S/C16H24N2O/c1-12(2)10-17-16(19)13(3)18-9-8-14-6-4-5-7-15(14)11-18/h4-7,12-13H,8-11H2,1-3H3,(H,17,19). The predicted octanol–water partition coefficient (Wildman–Crippen LogP) is 2.21. The van der Waals surface area contributed by atoms with Crippen LogP contribution in [-0.4, -0.2) is 29.9 Å². The number of benzene rings is 1. The monoisotopic (exact) mass is 260 g/mol. The topological polar surface area (TPSA) is 32.3 Å². The number of hydrogen-bond donors (Lipinski definition) is 1. The van der Waals surface area contributed by atoms with Gasteiger partial charge in [-0.25, -0.2) is 0 Å². The van der Waals surface area contributed by atoms with Crippen molar-refractivity contribution in [1.82, 2.24) is 10.2 Å². The molecule has 19 heavy (non-hydrogen) atoms. The van der Waals surface area contributed by atoms with Crippen LogP contribution in [0.25, 0.3) is 0 Å². The van der Waals surface area contributed by atoms with E-state index in [2.05, 4.69) is 48.3 Å². The molecule has 0 bridgehead atoms. The van der Waals surface area contributed by atoms with Gasteiger partial charge >= 0.3 is 0 Å². The van der Waals surface area contributed by atoms with Crippen LogP contribution in [0.4, 0.5) is 0 Å². The summed E-state index contributed by atoms with van der Waals surface area (Å²) in [7, 11) is 0. The molecule has 1 aliphatic rings. The summed E-state index contributed by atoms with van der Waals surface area (Å²) < 4.78 is 0. The van der Waals surface area contributed by atoms with Crippen LogP contribution in [0.15, 0.2) is 24.3 Å². The first-order valence-corrected chi connectivity index (χ1v) is 7.16. The van der Waals surface area contributed by atoms with E-state index in [4.69, 9.17) is 0 Å². The molecule has 3 heteroatoms. The maximum Gasteiger partial charge on any atom is 0.237 e. The van der Waals surface area contributed by atoms with Crippen LogP contribution in [0, 0.1) is 5.92 Å². The molecule has 0 radical (unpaired) electrons. The van der Waals surface area contributed by atoms with Crippen LogP contribution >= 0.6 is 0 Å². The van der Waals surface area contributed by atoms with Gasteiger partial charge in [0.25, 0.3) is 0 Å². The first kappa shape index (κ1) is 14.1. The lowest BCUT2D eigenvalue weighted by atomic mass is 9.99. The SMILES string of the molecule is CC(C)CNC(=O)C(C)N1CCc2ccccc2C1. The second kappa shape index (κ2) is 6.20. The molecule has 0 fully saturated rings. The van der Waals surface area contributed by atoms with Gasteiger partial charge in [-0.1, -0.05) is 38.1 Å². The highest BCUT2D eigenvalue weighted by Crippen LogP contribution is 2.20. The summed E-state index contributed by atoms with van der Waals surface area (Å²) in [4.78, 5) is 14.4. The zero-order valence-electron chi connectivity index (χ0n) is 12.1. The molecule has 1 N–H and O–H groups in total. The van der Waals surface area contributed by atoms with E-state index < -0.39 is 0 Å². The molecule has 0 aromatic heterocycles. The van der Waals surface area contributed by atoms with E-state index in [0.29, 0.717) is 5.92 Å². The molecule has 0 saturated carbocycles. The normalized spacial score (nSPS) is 17.1. The first-order chi connectivity index (χ1) is 9.08. The highest BCUT2D eigenvalue weighted by molar-refractivity contribution is 5.81. The third-order valence-electron chi connectivity index (χ3n) is 3.77. The third kappa shape index (κ3) is 3.57. The van der Waals surface area contributed by atoms with Crippen molar-refractivity contribution in [3.63, 3.8) is 0 Å². The Morgan fingerprint density at radius 1 is 1.26 bits per heavy atom. The van der Waals surface area contributed by atoms with E-state index in [9.17, 15) is 4.79 Å². The van der Waals surface area contributed by atoms with Gasteiger partial charge in [0.05, 0.1) is 6.04 Å². The van der Waals surface area contributed by atoms with Crippen molar-refractivity contribution < 1.29 is 4.79 Å². The Kier molecular flexibility index (Phi) is 4.59. The largest absolute Gasteiger partial charge is 0.354 e. The lowest BCUT2D eigenvalue weighted by Crippen LogP contribution is -2.47. The summed E-state index contributed by atoms with van der Waals surface area (Å²) in [5.74, 6) is 0.645. The molecule has 1 atom stereocenters. The van der Waals surface area contributed by atoms with Gasteiger partial charge in [-0.15, -0.1) is 0 Å². The van der Waals surface area contributed by atoms with Crippen molar-refractivity contribution in [3.05, 3.63) is 35.4 Å². The minimum absolute atomic E-state index is 0.0490. The van der Waals surface area contributed by atoms with Gasteiger partial charge in [0.1, 0.15) is 0 Å². The molecular formula is C16H24N2O. The van der Waals surface area contributed by atoms with Crippen LogP contribution in [-0.2, 0) is 17.8 Å². The van der Waals surface area contributed by atoms with Crippen molar-refractivity contribution in [3.8, 4) is 0 Å². The summed E-state index contributed by atoms with van der Waals surface area (Å²) in [6.45, 7) is 8.83. The Balaban J connectivity index is 1.95. The van der Waals surface area contributed by atoms with E-state index in [0.717, 1.165) is 26.1 Å². The molecule has 1 aromatic rings. The fourth-order valence-corrected chi connectivity index (χ4v) is 2.47. The molecule has 1 amide bonds. The van der Waals surface area contributed by atoms with Gasteiger partial charge in [-0.05, 0) is 30.4 Å². The quantitative estimate of drug-likeness (QED) is 0.900. The molecule has 0 spiro atoms. The van der Waals surface area contributed by atoms with Crippen molar-refractivity contribution in [2.24, 2.45) is 5.92 Å². The lowest BCUT2D eigenvalue weighted by molar-refractivity contribution is -0.126. The second-order valence-corrected chi connectivity index (χ2v) is 5.80. The van der Waals surface area contributed by atoms with Crippen molar-refractivity contribution in [1.29, 1.82) is 0 Å². The van der Waals surface area contributed by atoms with E-state index >= 15 is 0 Å². The molecule has 1 heterocycles. The number of nitrogens with one attached hydrogen (secondary N) is 1. The molecule has 3 nitrogen and oxygen atoms in total. The van der Waals surface area contributed by atoms with Gasteiger partial charge in [0, 0.05) is 19.6 Å². The smallest absolute Gasteiger partial charge is 0.237 e. The minimum atomic E-state index is -0.0490. The van der Waals surface area contributed by atoms with E-state index in [-0.39, 0.29) is 11.9 Å². The second-order valence-electron chi connectivity index (χ2n) is 5.80. The highest BCUT2D eigenvalue weighted by Gasteiger charge is 2.24. The zero-order valence-corrected chi connectivity index (χ0v) is 12.1. The minimum Gasteiger partial charge on any atom is -0.354 e. The van der Waals surface area contributed by atoms with Crippen molar-refractivity contribution in [2.75, 3.05) is 13.1 Å². The third-order valence-corrected chi connectivity index (χ3v) is 3.77. The first-order valence-electron chi connectivity index (χ1n) is 7.16. The van der Waals surface area contributed by atoms with Gasteiger partial charge < -0.3 is 5.32 Å². The number of carbonyl (C=O) groups is 1.